The second kappa shape index (κ2) is 15.6. The molecule has 3 aromatic heterocycles. The fraction of sp³-hybridized carbons (Fsp3) is 0.261. The molecule has 0 amide bonds. The highest BCUT2D eigenvalue weighted by atomic mass is 79.9. The molecule has 0 bridgehead atoms. The summed E-state index contributed by atoms with van der Waals surface area (Å²) < 4.78 is 11.4. The topological polar surface area (TPSA) is 112 Å². The van der Waals surface area contributed by atoms with Gasteiger partial charge in [-0.25, -0.2) is 9.59 Å². The molecule has 3 heterocycles. The molecule has 0 unspecified atom stereocenters. The Labute approximate surface area is 226 Å². The lowest BCUT2D eigenvalue weighted by Gasteiger charge is -2.16. The van der Waals surface area contributed by atoms with Crippen LogP contribution in [0.3, 0.4) is 0 Å². The van der Waals surface area contributed by atoms with Gasteiger partial charge in [0.15, 0.2) is 0 Å². The van der Waals surface area contributed by atoms with Crippen molar-refractivity contribution >= 4 is 59.7 Å². The van der Waals surface area contributed by atoms with Crippen molar-refractivity contribution in [3.63, 3.8) is 0 Å². The second-order valence-electron chi connectivity index (χ2n) is 6.72. The number of hydrogen-bond acceptors (Lipinski definition) is 8. The van der Waals surface area contributed by atoms with E-state index in [9.17, 15) is 14.7 Å². The molecule has 3 aromatic rings. The zero-order valence-corrected chi connectivity index (χ0v) is 23.0. The summed E-state index contributed by atoms with van der Waals surface area (Å²) in [5, 5.41) is 9.55. The Morgan fingerprint density at radius 2 is 1.12 bits per heavy atom. The van der Waals surface area contributed by atoms with Crippen LogP contribution >= 0.6 is 47.8 Å². The average Bonchev–Trinajstić information content (AvgIpc) is 2.78. The Hall–Kier alpha value is -2.21. The Kier molecular flexibility index (Phi) is 14.6. The number of ether oxygens (including phenoxy) is 2. The quantitative estimate of drug-likeness (QED) is 0.328. The number of methoxy groups -OCH3 is 2. The zero-order valence-electron chi connectivity index (χ0n) is 18.3. The van der Waals surface area contributed by atoms with E-state index in [4.69, 9.17) is 0 Å². The summed E-state index contributed by atoms with van der Waals surface area (Å²) in [7, 11) is 2.67. The maximum atomic E-state index is 10.9. The molecule has 0 radical (unpaired) electrons. The van der Waals surface area contributed by atoms with Gasteiger partial charge >= 0.3 is 11.9 Å². The molecule has 0 spiro atoms. The van der Waals surface area contributed by atoms with Crippen LogP contribution in [0.1, 0.15) is 49.0 Å². The molecule has 0 saturated carbocycles. The molecule has 0 aliphatic rings. The fourth-order valence-corrected chi connectivity index (χ4v) is 3.12. The van der Waals surface area contributed by atoms with Gasteiger partial charge in [0.2, 0.25) is 0 Å². The number of halogens is 3. The maximum absolute atomic E-state index is 10.9. The standard InChI is InChI=1S/C8H10BrNO.2C7H6BrNO2.CH4.H2/c1-8(2,11)6-3-7(9)5-10-4-6;2*1-11-7(10)5-2-6(8)4-9-3-5;;/h3-5,11H,1-2H3;2*2-4H,1H3;1H4;1H/i;;;;1+1. The molecule has 0 fully saturated rings. The van der Waals surface area contributed by atoms with E-state index >= 15 is 0 Å². The number of hydrogen-bond donors (Lipinski definition) is 1. The molecule has 0 aliphatic carbocycles. The van der Waals surface area contributed by atoms with Crippen LogP contribution in [-0.4, -0.2) is 46.2 Å². The zero-order chi connectivity index (χ0) is 25.0. The van der Waals surface area contributed by atoms with Gasteiger partial charge in [-0.2, -0.15) is 0 Å². The molecule has 34 heavy (non-hydrogen) atoms. The number of carbonyl (C=O) groups is 2. The Balaban J connectivity index is 0. The minimum absolute atomic E-state index is 0. The molecule has 11 heteroatoms. The van der Waals surface area contributed by atoms with Gasteiger partial charge < -0.3 is 14.6 Å². The average molecular weight is 667 g/mol. The maximum Gasteiger partial charge on any atom is 0.339 e. The third kappa shape index (κ3) is 11.8. The summed E-state index contributed by atoms with van der Waals surface area (Å²) in [6.07, 6.45) is 9.46. The van der Waals surface area contributed by atoms with E-state index in [2.05, 4.69) is 72.2 Å². The van der Waals surface area contributed by atoms with Crippen molar-refractivity contribution in [3.8, 4) is 0 Å². The minimum atomic E-state index is -0.809. The molecule has 0 saturated heterocycles. The first-order valence-electron chi connectivity index (χ1n) is 9.19. The van der Waals surface area contributed by atoms with Gasteiger partial charge in [-0.3, -0.25) is 15.0 Å². The Morgan fingerprint density at radius 3 is 1.38 bits per heavy atom. The molecule has 1 N–H and O–H groups in total. The van der Waals surface area contributed by atoms with Crippen LogP contribution in [0, 0.1) is 0 Å². The highest BCUT2D eigenvalue weighted by molar-refractivity contribution is 9.11. The van der Waals surface area contributed by atoms with E-state index in [1.807, 2.05) is 6.07 Å². The van der Waals surface area contributed by atoms with Crippen molar-refractivity contribution < 1.29 is 25.6 Å². The first-order chi connectivity index (χ1) is 15.5. The van der Waals surface area contributed by atoms with Gasteiger partial charge in [-0.1, -0.05) is 7.43 Å². The van der Waals surface area contributed by atoms with Crippen molar-refractivity contribution in [1.82, 2.24) is 15.0 Å². The van der Waals surface area contributed by atoms with Gasteiger partial charge in [0.05, 0.1) is 30.9 Å². The molecule has 0 atom stereocenters. The third-order valence-corrected chi connectivity index (χ3v) is 4.96. The van der Waals surface area contributed by atoms with Crippen molar-refractivity contribution in [2.45, 2.75) is 26.9 Å². The van der Waals surface area contributed by atoms with Crippen LogP contribution in [0.4, 0.5) is 0 Å². The summed E-state index contributed by atoms with van der Waals surface area (Å²) in [5.41, 5.74) is 0.896. The summed E-state index contributed by atoms with van der Waals surface area (Å²) in [6.45, 7) is 3.47. The van der Waals surface area contributed by atoms with E-state index in [1.165, 1.54) is 26.6 Å². The minimum Gasteiger partial charge on any atom is -0.465 e. The summed E-state index contributed by atoms with van der Waals surface area (Å²) in [4.78, 5) is 33.3. The monoisotopic (exact) mass is 664 g/mol. The number of carbonyl (C=O) groups excluding carboxylic acids is 2. The molecule has 3 rings (SSSR count). The highest BCUT2D eigenvalue weighted by Crippen LogP contribution is 2.21. The first-order valence-corrected chi connectivity index (χ1v) is 11.6. The fourth-order valence-electron chi connectivity index (χ4n) is 2.03. The number of pyridine rings is 3. The normalized spacial score (nSPS) is 9.76. The van der Waals surface area contributed by atoms with Gasteiger partial charge in [0.1, 0.15) is 0 Å². The van der Waals surface area contributed by atoms with Gasteiger partial charge in [0.25, 0.3) is 0 Å². The predicted molar refractivity (Wildman–Crippen MR) is 143 cm³/mol. The number of aliphatic hydroxyl groups is 1. The second-order valence-corrected chi connectivity index (χ2v) is 9.46. The largest absolute Gasteiger partial charge is 0.465 e. The van der Waals surface area contributed by atoms with Crippen LogP contribution < -0.4 is 0 Å². The van der Waals surface area contributed by atoms with Crippen molar-refractivity contribution in [3.05, 3.63) is 85.5 Å². The Morgan fingerprint density at radius 1 is 0.765 bits per heavy atom. The molecule has 0 aromatic carbocycles. The summed E-state index contributed by atoms with van der Waals surface area (Å²) in [6, 6.07) is 5.16. The van der Waals surface area contributed by atoms with Gasteiger partial charge in [0, 0.05) is 57.6 Å². The first kappa shape index (κ1) is 31.8. The summed E-state index contributed by atoms with van der Waals surface area (Å²) in [5.74, 6) is -0.752. The van der Waals surface area contributed by atoms with Crippen molar-refractivity contribution in [1.29, 1.82) is 0 Å². The lowest BCUT2D eigenvalue weighted by Crippen LogP contribution is -2.15. The lowest BCUT2D eigenvalue weighted by atomic mass is 10.0. The van der Waals surface area contributed by atoms with Gasteiger partial charge in [-0.15, -0.1) is 0 Å². The van der Waals surface area contributed by atoms with E-state index in [0.29, 0.717) is 11.1 Å². The highest BCUT2D eigenvalue weighted by Gasteiger charge is 2.15. The smallest absolute Gasteiger partial charge is 0.339 e. The van der Waals surface area contributed by atoms with Crippen LogP contribution in [0.5, 0.6) is 0 Å². The van der Waals surface area contributed by atoms with E-state index < -0.39 is 5.60 Å². The predicted octanol–water partition coefficient (Wildman–Crippen LogP) is 6.22. The van der Waals surface area contributed by atoms with E-state index in [1.54, 1.807) is 50.8 Å². The van der Waals surface area contributed by atoms with Gasteiger partial charge in [-0.05, 0) is 79.8 Å². The van der Waals surface area contributed by atoms with E-state index in [0.717, 1.165) is 19.0 Å². The third-order valence-electron chi connectivity index (χ3n) is 3.66. The SMILES string of the molecule is C.CC(C)(O)c1cncc(Br)c1.COC(=O)c1cncc(Br)c1.COC(=O)c1cncc(Br)c1.[2HH]. The van der Waals surface area contributed by atoms with Crippen molar-refractivity contribution in [2.75, 3.05) is 14.2 Å². The molecule has 186 valence electrons. The lowest BCUT2D eigenvalue weighted by molar-refractivity contribution is 0.0591. The van der Waals surface area contributed by atoms with Crippen LogP contribution in [0.2, 0.25) is 0 Å². The molecule has 8 nitrogen and oxygen atoms in total. The van der Waals surface area contributed by atoms with Crippen LogP contribution in [0.15, 0.2) is 68.8 Å². The summed E-state index contributed by atoms with van der Waals surface area (Å²) >= 11 is 9.66. The van der Waals surface area contributed by atoms with Crippen molar-refractivity contribution in [2.24, 2.45) is 0 Å². The molecular weight excluding hydrogens is 638 g/mol. The van der Waals surface area contributed by atoms with Crippen LogP contribution in [-0.2, 0) is 15.1 Å². The number of esters is 2. The number of rotatable bonds is 3. The number of aromatic nitrogens is 3. The van der Waals surface area contributed by atoms with E-state index in [-0.39, 0.29) is 20.8 Å². The van der Waals surface area contributed by atoms with Crippen LogP contribution in [0.25, 0.3) is 0 Å². The molecule has 0 aliphatic heterocycles. The Bertz CT molecular complexity index is 1020. The molecular formula is C23H28Br3N3O5. The number of nitrogens with zero attached hydrogens (tertiary/aromatic N) is 3.